The molecule has 21 heavy (non-hydrogen) atoms. The van der Waals surface area contributed by atoms with Gasteiger partial charge in [-0.15, -0.1) is 0 Å². The number of rotatable bonds is 5. The fraction of sp³-hybridized carbons (Fsp3) is 0.154. The molecule has 0 unspecified atom stereocenters. The van der Waals surface area contributed by atoms with Crippen molar-refractivity contribution in [2.75, 3.05) is 6.61 Å². The summed E-state index contributed by atoms with van der Waals surface area (Å²) in [6.07, 6.45) is 1.38. The van der Waals surface area contributed by atoms with Crippen LogP contribution in [0.5, 0.6) is 5.75 Å². The average molecular weight is 290 g/mol. The number of aromatic nitrogens is 2. The van der Waals surface area contributed by atoms with Crippen molar-refractivity contribution >= 4 is 5.91 Å². The lowest BCUT2D eigenvalue weighted by Gasteiger charge is -2.11. The maximum atomic E-state index is 11.5. The first-order chi connectivity index (χ1) is 10.1. The van der Waals surface area contributed by atoms with Crippen molar-refractivity contribution in [1.82, 2.24) is 15.0 Å². The summed E-state index contributed by atoms with van der Waals surface area (Å²) < 4.78 is 6.78. The van der Waals surface area contributed by atoms with Gasteiger partial charge < -0.3 is 4.74 Å². The van der Waals surface area contributed by atoms with Gasteiger partial charge in [-0.3, -0.25) is 24.6 Å². The number of hydrazine groups is 1. The van der Waals surface area contributed by atoms with Gasteiger partial charge in [0.25, 0.3) is 11.5 Å². The molecule has 110 valence electrons. The van der Waals surface area contributed by atoms with Gasteiger partial charge in [0.15, 0.2) is 0 Å². The van der Waals surface area contributed by atoms with Crippen molar-refractivity contribution in [2.24, 2.45) is 5.84 Å². The zero-order chi connectivity index (χ0) is 15.2. The summed E-state index contributed by atoms with van der Waals surface area (Å²) in [4.78, 5) is 36.1. The highest BCUT2D eigenvalue weighted by Gasteiger charge is 2.10. The van der Waals surface area contributed by atoms with Crippen molar-refractivity contribution in [1.29, 1.82) is 0 Å². The highest BCUT2D eigenvalue weighted by molar-refractivity contribution is 5.96. The van der Waals surface area contributed by atoms with Gasteiger partial charge in [-0.05, 0) is 12.1 Å². The lowest BCUT2D eigenvalue weighted by Crippen LogP contribution is -2.31. The second kappa shape index (κ2) is 6.53. The number of ether oxygens (including phenoxy) is 1. The molecule has 0 atom stereocenters. The number of carbonyl (C=O) groups is 1. The predicted molar refractivity (Wildman–Crippen MR) is 74.9 cm³/mol. The molecule has 0 aliphatic rings. The summed E-state index contributed by atoms with van der Waals surface area (Å²) in [6, 6.07) is 7.85. The Kier molecular flexibility index (Phi) is 4.52. The largest absolute Gasteiger partial charge is 0.491 e. The number of hydrogen-bond acceptors (Lipinski definition) is 5. The molecule has 4 N–H and O–H groups in total. The van der Waals surface area contributed by atoms with Gasteiger partial charge in [-0.25, -0.2) is 10.6 Å². The Balaban J connectivity index is 2.05. The molecule has 1 heterocycles. The van der Waals surface area contributed by atoms with Gasteiger partial charge >= 0.3 is 5.69 Å². The van der Waals surface area contributed by atoms with Crippen molar-refractivity contribution in [3.63, 3.8) is 0 Å². The molecule has 0 radical (unpaired) electrons. The van der Waals surface area contributed by atoms with Crippen molar-refractivity contribution in [3.8, 4) is 5.75 Å². The first-order valence-electron chi connectivity index (χ1n) is 6.14. The van der Waals surface area contributed by atoms with Crippen LogP contribution in [0.4, 0.5) is 0 Å². The molecule has 1 aromatic carbocycles. The SMILES string of the molecule is NNC(=O)c1ccccc1OCCn1ccc(=O)[nH]c1=O. The minimum Gasteiger partial charge on any atom is -0.491 e. The van der Waals surface area contributed by atoms with E-state index in [4.69, 9.17) is 10.6 Å². The molecule has 0 saturated heterocycles. The second-order valence-corrected chi connectivity index (χ2v) is 4.12. The molecule has 8 nitrogen and oxygen atoms in total. The lowest BCUT2D eigenvalue weighted by molar-refractivity contribution is 0.0949. The number of para-hydroxylation sites is 1. The van der Waals surface area contributed by atoms with E-state index in [1.807, 2.05) is 5.43 Å². The highest BCUT2D eigenvalue weighted by Crippen LogP contribution is 2.17. The Morgan fingerprint density at radius 3 is 2.76 bits per heavy atom. The summed E-state index contributed by atoms with van der Waals surface area (Å²) in [5.74, 6) is 4.99. The molecule has 0 aliphatic heterocycles. The number of nitrogens with two attached hydrogens (primary N) is 1. The van der Waals surface area contributed by atoms with E-state index >= 15 is 0 Å². The van der Waals surface area contributed by atoms with Gasteiger partial charge in [-0.2, -0.15) is 0 Å². The summed E-state index contributed by atoms with van der Waals surface area (Å²) in [5, 5.41) is 0. The smallest absolute Gasteiger partial charge is 0.328 e. The van der Waals surface area contributed by atoms with Crippen LogP contribution in [-0.2, 0) is 6.54 Å². The Labute approximate surface area is 119 Å². The fourth-order valence-corrected chi connectivity index (χ4v) is 1.73. The Morgan fingerprint density at radius 2 is 2.05 bits per heavy atom. The number of nitrogen functional groups attached to an aromatic ring is 1. The normalized spacial score (nSPS) is 10.1. The minimum atomic E-state index is -0.515. The molecule has 2 rings (SSSR count). The van der Waals surface area contributed by atoms with Crippen LogP contribution < -0.4 is 27.3 Å². The van der Waals surface area contributed by atoms with Crippen molar-refractivity contribution in [2.45, 2.75) is 6.54 Å². The van der Waals surface area contributed by atoms with Crippen LogP contribution in [0, 0.1) is 0 Å². The van der Waals surface area contributed by atoms with Gasteiger partial charge in [0.05, 0.1) is 12.1 Å². The summed E-state index contributed by atoms with van der Waals surface area (Å²) in [5.41, 5.74) is 1.36. The van der Waals surface area contributed by atoms with E-state index in [1.54, 1.807) is 24.3 Å². The van der Waals surface area contributed by atoms with Crippen LogP contribution >= 0.6 is 0 Å². The van der Waals surface area contributed by atoms with Crippen LogP contribution in [0.3, 0.4) is 0 Å². The van der Waals surface area contributed by atoms with Crippen LogP contribution in [-0.4, -0.2) is 22.1 Å². The number of amides is 1. The standard InChI is InChI=1S/C13H14N4O4/c14-16-12(19)9-3-1-2-4-10(9)21-8-7-17-6-5-11(18)15-13(17)20/h1-6H,7-8,14H2,(H,16,19)(H,15,18,20). The third-order valence-electron chi connectivity index (χ3n) is 2.75. The molecular weight excluding hydrogens is 276 g/mol. The van der Waals surface area contributed by atoms with Gasteiger partial charge in [0.2, 0.25) is 0 Å². The molecular formula is C13H14N4O4. The van der Waals surface area contributed by atoms with Crippen molar-refractivity contribution < 1.29 is 9.53 Å². The van der Waals surface area contributed by atoms with E-state index in [1.165, 1.54) is 16.8 Å². The van der Waals surface area contributed by atoms with Gasteiger partial charge in [0.1, 0.15) is 12.4 Å². The lowest BCUT2D eigenvalue weighted by atomic mass is 10.2. The maximum Gasteiger partial charge on any atom is 0.328 e. The Bertz CT molecular complexity index is 750. The maximum absolute atomic E-state index is 11.5. The molecule has 0 saturated carbocycles. The first kappa shape index (κ1) is 14.5. The number of nitrogens with zero attached hydrogens (tertiary/aromatic N) is 1. The molecule has 1 amide bonds. The summed E-state index contributed by atoms with van der Waals surface area (Å²) in [6.45, 7) is 0.384. The monoisotopic (exact) mass is 290 g/mol. The fourth-order valence-electron chi connectivity index (χ4n) is 1.73. The van der Waals surface area contributed by atoms with E-state index in [0.29, 0.717) is 11.3 Å². The molecule has 1 aromatic heterocycles. The van der Waals surface area contributed by atoms with Gasteiger partial charge in [0, 0.05) is 12.3 Å². The van der Waals surface area contributed by atoms with Crippen LogP contribution in [0.1, 0.15) is 10.4 Å². The molecule has 8 heteroatoms. The quantitative estimate of drug-likeness (QED) is 0.379. The topological polar surface area (TPSA) is 119 Å². The number of hydrogen-bond donors (Lipinski definition) is 3. The number of nitrogens with one attached hydrogen (secondary N) is 2. The van der Waals surface area contributed by atoms with Gasteiger partial charge in [-0.1, -0.05) is 12.1 Å². The molecule has 0 spiro atoms. The number of benzene rings is 1. The zero-order valence-electron chi connectivity index (χ0n) is 11.0. The average Bonchev–Trinajstić information content (AvgIpc) is 2.49. The van der Waals surface area contributed by atoms with Crippen LogP contribution in [0.25, 0.3) is 0 Å². The minimum absolute atomic E-state index is 0.154. The number of H-pyrrole nitrogens is 1. The van der Waals surface area contributed by atoms with E-state index in [0.717, 1.165) is 0 Å². The molecule has 0 aliphatic carbocycles. The van der Waals surface area contributed by atoms with Crippen molar-refractivity contribution in [3.05, 3.63) is 62.9 Å². The molecule has 0 fully saturated rings. The van der Waals surface area contributed by atoms with Crippen LogP contribution in [0.2, 0.25) is 0 Å². The second-order valence-electron chi connectivity index (χ2n) is 4.12. The Hall–Kier alpha value is -2.87. The highest BCUT2D eigenvalue weighted by atomic mass is 16.5. The number of aromatic amines is 1. The zero-order valence-corrected chi connectivity index (χ0v) is 11.0. The predicted octanol–water partition coefficient (Wildman–Crippen LogP) is -0.781. The third-order valence-corrected chi connectivity index (χ3v) is 2.75. The summed E-state index contributed by atoms with van der Waals surface area (Å²) >= 11 is 0. The molecule has 0 bridgehead atoms. The first-order valence-corrected chi connectivity index (χ1v) is 6.14. The third kappa shape index (κ3) is 3.57. The molecule has 2 aromatic rings. The van der Waals surface area contributed by atoms with E-state index in [2.05, 4.69) is 4.98 Å². The summed E-state index contributed by atoms with van der Waals surface area (Å²) in [7, 11) is 0. The van der Waals surface area contributed by atoms with E-state index in [-0.39, 0.29) is 13.2 Å². The van der Waals surface area contributed by atoms with E-state index < -0.39 is 17.2 Å². The Morgan fingerprint density at radius 1 is 1.29 bits per heavy atom. The van der Waals surface area contributed by atoms with E-state index in [9.17, 15) is 14.4 Å². The number of carbonyl (C=O) groups excluding carboxylic acids is 1. The van der Waals surface area contributed by atoms with Crippen LogP contribution in [0.15, 0.2) is 46.1 Å².